The van der Waals surface area contributed by atoms with Gasteiger partial charge in [-0.05, 0) is 26.2 Å². The first-order valence-corrected chi connectivity index (χ1v) is 11.1. The molecule has 0 heterocycles. The second-order valence-corrected chi connectivity index (χ2v) is 12.1. The van der Waals surface area contributed by atoms with Crippen LogP contribution in [0.2, 0.25) is 0 Å². The van der Waals surface area contributed by atoms with Gasteiger partial charge in [-0.15, -0.1) is 0 Å². The van der Waals surface area contributed by atoms with Crippen molar-refractivity contribution >= 4 is 19.9 Å². The topological polar surface area (TPSA) is 80.8 Å². The van der Waals surface area contributed by atoms with E-state index in [9.17, 15) is 16.8 Å². The molecular formula is C14H31NO5S2. The number of nitrogens with zero attached hydrogens (tertiary/aromatic N) is 1. The van der Waals surface area contributed by atoms with Crippen molar-refractivity contribution in [3.05, 3.63) is 0 Å². The molecule has 0 aromatic carbocycles. The van der Waals surface area contributed by atoms with E-state index >= 15 is 0 Å². The van der Waals surface area contributed by atoms with Gasteiger partial charge in [-0.2, -0.15) is 4.31 Å². The summed E-state index contributed by atoms with van der Waals surface area (Å²) >= 11 is 0. The van der Waals surface area contributed by atoms with E-state index in [1.165, 1.54) is 4.31 Å². The molecular weight excluding hydrogens is 326 g/mol. The third-order valence-electron chi connectivity index (χ3n) is 2.76. The average molecular weight is 358 g/mol. The van der Waals surface area contributed by atoms with Crippen LogP contribution >= 0.6 is 0 Å². The van der Waals surface area contributed by atoms with Crippen molar-refractivity contribution in [1.82, 2.24) is 4.31 Å². The quantitative estimate of drug-likeness (QED) is 0.690. The molecule has 1 atom stereocenters. The summed E-state index contributed by atoms with van der Waals surface area (Å²) in [6, 6.07) is 0. The van der Waals surface area contributed by atoms with E-state index in [2.05, 4.69) is 0 Å². The number of hydrogen-bond acceptors (Lipinski definition) is 5. The molecule has 0 aliphatic rings. The predicted octanol–water partition coefficient (Wildman–Crippen LogP) is 1.52. The molecule has 1 unspecified atom stereocenters. The van der Waals surface area contributed by atoms with Crippen LogP contribution in [0.1, 0.15) is 41.5 Å². The number of hydrogen-bond donors (Lipinski definition) is 0. The predicted molar refractivity (Wildman–Crippen MR) is 90.2 cm³/mol. The molecule has 0 aromatic rings. The second kappa shape index (κ2) is 7.15. The minimum absolute atomic E-state index is 0.0193. The van der Waals surface area contributed by atoms with Gasteiger partial charge in [0.2, 0.25) is 10.0 Å². The van der Waals surface area contributed by atoms with E-state index in [1.54, 1.807) is 20.8 Å². The fourth-order valence-corrected chi connectivity index (χ4v) is 4.26. The number of sulfonamides is 1. The molecule has 0 aromatic heterocycles. The first-order valence-electron chi connectivity index (χ1n) is 7.19. The summed E-state index contributed by atoms with van der Waals surface area (Å²) in [4.78, 5) is 0. The standard InChI is InChI=1S/C14H31NO5S2/c1-13(2,3)11-20-12(10-21(7,16)17)9-15(14(4,5)6)22(8,18)19/h12H,9-11H2,1-8H3. The first-order chi connectivity index (χ1) is 9.42. The van der Waals surface area contributed by atoms with Crippen molar-refractivity contribution in [2.45, 2.75) is 53.2 Å². The molecule has 0 amide bonds. The molecule has 0 saturated heterocycles. The van der Waals surface area contributed by atoms with Crippen LogP contribution in [0.3, 0.4) is 0 Å². The Morgan fingerprint density at radius 3 is 1.68 bits per heavy atom. The van der Waals surface area contributed by atoms with Gasteiger partial charge in [-0.3, -0.25) is 0 Å². The van der Waals surface area contributed by atoms with Crippen molar-refractivity contribution in [2.24, 2.45) is 5.41 Å². The van der Waals surface area contributed by atoms with Crippen LogP contribution in [0, 0.1) is 5.41 Å². The van der Waals surface area contributed by atoms with E-state index in [-0.39, 0.29) is 17.7 Å². The van der Waals surface area contributed by atoms with Crippen molar-refractivity contribution in [3.63, 3.8) is 0 Å². The fraction of sp³-hybridized carbons (Fsp3) is 1.00. The van der Waals surface area contributed by atoms with Crippen LogP contribution in [-0.4, -0.2) is 64.2 Å². The Morgan fingerprint density at radius 1 is 0.955 bits per heavy atom. The summed E-state index contributed by atoms with van der Waals surface area (Å²) in [6.45, 7) is 11.6. The Balaban J connectivity index is 5.32. The number of rotatable bonds is 7. The molecule has 0 aliphatic carbocycles. The lowest BCUT2D eigenvalue weighted by Gasteiger charge is -2.36. The van der Waals surface area contributed by atoms with Crippen LogP contribution in [0.4, 0.5) is 0 Å². The summed E-state index contributed by atoms with van der Waals surface area (Å²) in [5, 5.41) is 0. The van der Waals surface area contributed by atoms with E-state index in [0.717, 1.165) is 12.5 Å². The highest BCUT2D eigenvalue weighted by Gasteiger charge is 2.33. The third-order valence-corrected chi connectivity index (χ3v) is 5.23. The Bertz CT molecular complexity index is 553. The molecule has 0 aliphatic heterocycles. The molecule has 0 radical (unpaired) electrons. The molecule has 6 nitrogen and oxygen atoms in total. The average Bonchev–Trinajstić information content (AvgIpc) is 2.15. The molecule has 0 rings (SSSR count). The van der Waals surface area contributed by atoms with E-state index in [4.69, 9.17) is 4.74 Å². The maximum atomic E-state index is 12.0. The van der Waals surface area contributed by atoms with Gasteiger partial charge >= 0.3 is 0 Å². The third kappa shape index (κ3) is 9.76. The monoisotopic (exact) mass is 357 g/mol. The highest BCUT2D eigenvalue weighted by atomic mass is 32.2. The van der Waals surface area contributed by atoms with E-state index < -0.39 is 31.5 Å². The lowest BCUT2D eigenvalue weighted by molar-refractivity contribution is 0.00429. The summed E-state index contributed by atoms with van der Waals surface area (Å²) < 4.78 is 54.2. The summed E-state index contributed by atoms with van der Waals surface area (Å²) in [6.07, 6.45) is 1.56. The van der Waals surface area contributed by atoms with Gasteiger partial charge in [0.15, 0.2) is 0 Å². The Kier molecular flexibility index (Phi) is 7.09. The summed E-state index contributed by atoms with van der Waals surface area (Å²) in [7, 11) is -6.74. The summed E-state index contributed by atoms with van der Waals surface area (Å²) in [5.74, 6) is -0.203. The maximum absolute atomic E-state index is 12.0. The van der Waals surface area contributed by atoms with Crippen LogP contribution < -0.4 is 0 Å². The second-order valence-electron chi connectivity index (χ2n) is 8.05. The minimum Gasteiger partial charge on any atom is -0.375 e. The van der Waals surface area contributed by atoms with Crippen molar-refractivity contribution < 1.29 is 21.6 Å². The SMILES string of the molecule is CC(C)(C)COC(CN(C(C)(C)C)S(C)(=O)=O)CS(C)(=O)=O. The highest BCUT2D eigenvalue weighted by molar-refractivity contribution is 7.90. The lowest BCUT2D eigenvalue weighted by atomic mass is 9.98. The molecule has 0 spiro atoms. The smallest absolute Gasteiger partial charge is 0.211 e. The van der Waals surface area contributed by atoms with Crippen LogP contribution in [0.5, 0.6) is 0 Å². The lowest BCUT2D eigenvalue weighted by Crippen LogP contribution is -2.50. The molecule has 22 heavy (non-hydrogen) atoms. The molecule has 0 N–H and O–H groups in total. The van der Waals surface area contributed by atoms with Crippen molar-refractivity contribution in [2.75, 3.05) is 31.4 Å². The van der Waals surface area contributed by atoms with Gasteiger partial charge in [0, 0.05) is 18.3 Å². The zero-order valence-electron chi connectivity index (χ0n) is 15.0. The number of ether oxygens (including phenoxy) is 1. The van der Waals surface area contributed by atoms with Gasteiger partial charge in [0.05, 0.1) is 24.7 Å². The van der Waals surface area contributed by atoms with Gasteiger partial charge < -0.3 is 4.74 Å². The molecule has 134 valence electrons. The van der Waals surface area contributed by atoms with Gasteiger partial charge in [-0.25, -0.2) is 16.8 Å². The Hall–Kier alpha value is -0.180. The Morgan fingerprint density at radius 2 is 1.41 bits per heavy atom. The maximum Gasteiger partial charge on any atom is 0.211 e. The zero-order chi connectivity index (χ0) is 18.0. The zero-order valence-corrected chi connectivity index (χ0v) is 16.6. The van der Waals surface area contributed by atoms with Gasteiger partial charge in [0.25, 0.3) is 0 Å². The highest BCUT2D eigenvalue weighted by Crippen LogP contribution is 2.20. The number of sulfone groups is 1. The van der Waals surface area contributed by atoms with Crippen molar-refractivity contribution in [3.8, 4) is 0 Å². The first kappa shape index (κ1) is 21.8. The molecule has 8 heteroatoms. The van der Waals surface area contributed by atoms with Crippen LogP contribution in [0.25, 0.3) is 0 Å². The van der Waals surface area contributed by atoms with Crippen LogP contribution in [0.15, 0.2) is 0 Å². The van der Waals surface area contributed by atoms with Crippen LogP contribution in [-0.2, 0) is 24.6 Å². The molecule has 0 fully saturated rings. The fourth-order valence-electron chi connectivity index (χ4n) is 1.95. The van der Waals surface area contributed by atoms with Gasteiger partial charge in [-0.1, -0.05) is 20.8 Å². The summed E-state index contributed by atoms with van der Waals surface area (Å²) in [5.41, 5.74) is -0.776. The van der Waals surface area contributed by atoms with E-state index in [1.807, 2.05) is 20.8 Å². The largest absolute Gasteiger partial charge is 0.375 e. The molecule has 0 bridgehead atoms. The Labute approximate surface area is 136 Å². The van der Waals surface area contributed by atoms with Crippen molar-refractivity contribution in [1.29, 1.82) is 0 Å². The molecule has 0 saturated carbocycles. The minimum atomic E-state index is -3.47. The van der Waals surface area contributed by atoms with Gasteiger partial charge in [0.1, 0.15) is 9.84 Å². The van der Waals surface area contributed by atoms with E-state index in [0.29, 0.717) is 6.61 Å². The normalized spacial score (nSPS) is 16.0.